The molecule has 0 aromatic rings. The van der Waals surface area contributed by atoms with Gasteiger partial charge in [-0.25, -0.2) is 0 Å². The van der Waals surface area contributed by atoms with E-state index < -0.39 is 0 Å². The Balaban J connectivity index is 0.000000422. The number of nitrogens with two attached hydrogens (primary N) is 2. The molecule has 3 nitrogen and oxygen atoms in total. The minimum Gasteiger partial charge on any atom is -0.333 e. The van der Waals surface area contributed by atoms with E-state index in [0.29, 0.717) is 16.7 Å². The molecule has 43 heavy (non-hydrogen) atoms. The lowest BCUT2D eigenvalue weighted by Gasteiger charge is -2.66. The molecular weight excluding hydrogens is 522 g/mol. The molecule has 3 fully saturated rings. The predicted molar refractivity (Wildman–Crippen MR) is 188 cm³/mol. The van der Waals surface area contributed by atoms with Crippen molar-refractivity contribution in [3.63, 3.8) is 0 Å². The summed E-state index contributed by atoms with van der Waals surface area (Å²) in [6, 6.07) is 2.36. The average Bonchev–Trinajstić information content (AvgIpc) is 2.99. The standard InChI is InChI=1S/C29H51N.C10H17N.CH5N/c1-6-22-14-17-28(5)24(20-22)15-19-29(30)25-13-9-12-23(11-8-7-10-21(2)3)27(25,4)18-16-26(28)29;1-5-6-7-10(4,8-11)9(2)3;1-2/h15,21-23,25-26H,6-14,16-20,30H2,1-5H3;5,9H,1,6-7H2,2-4H3;2H2,1H3. The summed E-state index contributed by atoms with van der Waals surface area (Å²) in [6.07, 6.45) is 25.9. The number of allylic oxidation sites excluding steroid dienone is 2. The van der Waals surface area contributed by atoms with Crippen LogP contribution in [-0.4, -0.2) is 12.6 Å². The topological polar surface area (TPSA) is 75.8 Å². The van der Waals surface area contributed by atoms with E-state index in [1.807, 2.05) is 13.0 Å². The minimum absolute atomic E-state index is 0.0565. The van der Waals surface area contributed by atoms with Crippen molar-refractivity contribution in [3.05, 3.63) is 24.3 Å². The first-order valence-electron chi connectivity index (χ1n) is 18.4. The monoisotopic (exact) mass is 596 g/mol. The zero-order chi connectivity index (χ0) is 32.5. The second kappa shape index (κ2) is 16.5. The number of fused-ring (bicyclic) bond motifs is 5. The van der Waals surface area contributed by atoms with Crippen LogP contribution in [0.15, 0.2) is 24.3 Å². The van der Waals surface area contributed by atoms with Gasteiger partial charge in [0.1, 0.15) is 0 Å². The van der Waals surface area contributed by atoms with E-state index in [9.17, 15) is 0 Å². The molecule has 4 N–H and O–H groups in total. The Labute approximate surface area is 269 Å². The summed E-state index contributed by atoms with van der Waals surface area (Å²) in [6.45, 7) is 22.3. The van der Waals surface area contributed by atoms with Gasteiger partial charge in [-0.15, -0.1) is 6.58 Å². The molecule has 0 bridgehead atoms. The van der Waals surface area contributed by atoms with E-state index in [4.69, 9.17) is 11.0 Å². The van der Waals surface area contributed by atoms with Crippen molar-refractivity contribution in [2.24, 2.45) is 63.2 Å². The SMILES string of the molecule is C=CCCC(C)(C#N)C(C)C.CCC1CCC2(C)C(=CCC3(N)C2CCC2(C)C(CCCCC(C)C)CCCC23)C1.CN. The molecule has 0 aromatic carbocycles. The molecule has 3 heteroatoms. The molecule has 8 atom stereocenters. The number of hydrogen-bond acceptors (Lipinski definition) is 3. The lowest BCUT2D eigenvalue weighted by atomic mass is 9.40. The molecule has 4 rings (SSSR count). The van der Waals surface area contributed by atoms with Crippen LogP contribution in [0.2, 0.25) is 0 Å². The van der Waals surface area contributed by atoms with Gasteiger partial charge in [0.15, 0.2) is 0 Å². The lowest BCUT2D eigenvalue weighted by molar-refractivity contribution is -0.111. The zero-order valence-corrected chi connectivity index (χ0v) is 30.2. The van der Waals surface area contributed by atoms with Gasteiger partial charge < -0.3 is 11.5 Å². The van der Waals surface area contributed by atoms with E-state index in [1.165, 1.54) is 96.9 Å². The van der Waals surface area contributed by atoms with E-state index in [0.717, 1.165) is 42.4 Å². The minimum atomic E-state index is -0.172. The van der Waals surface area contributed by atoms with Crippen LogP contribution in [0.5, 0.6) is 0 Å². The van der Waals surface area contributed by atoms with Crippen molar-refractivity contribution in [2.75, 3.05) is 7.05 Å². The number of unbranched alkanes of at least 4 members (excludes halogenated alkanes) is 1. The third kappa shape index (κ3) is 8.38. The molecule has 3 saturated carbocycles. The van der Waals surface area contributed by atoms with Crippen LogP contribution >= 0.6 is 0 Å². The van der Waals surface area contributed by atoms with Crippen LogP contribution in [0.4, 0.5) is 0 Å². The van der Waals surface area contributed by atoms with Gasteiger partial charge in [0.2, 0.25) is 0 Å². The smallest absolute Gasteiger partial charge is 0.0689 e. The summed E-state index contributed by atoms with van der Waals surface area (Å²) in [5, 5.41) is 8.90. The maximum absolute atomic E-state index is 8.90. The fourth-order valence-corrected chi connectivity index (χ4v) is 9.90. The molecule has 248 valence electrons. The first kappa shape index (κ1) is 38.1. The van der Waals surface area contributed by atoms with Crippen LogP contribution in [0.1, 0.15) is 158 Å². The third-order valence-corrected chi connectivity index (χ3v) is 13.4. The normalized spacial score (nSPS) is 36.2. The number of hydrogen-bond donors (Lipinski definition) is 2. The van der Waals surface area contributed by atoms with Crippen LogP contribution < -0.4 is 11.5 Å². The van der Waals surface area contributed by atoms with Gasteiger partial charge in [-0.3, -0.25) is 0 Å². The fraction of sp³-hybridized carbons (Fsp3) is 0.875. The molecule has 0 radical (unpaired) electrons. The summed E-state index contributed by atoms with van der Waals surface area (Å²) in [5.74, 6) is 4.58. The van der Waals surface area contributed by atoms with Crippen molar-refractivity contribution >= 4 is 0 Å². The van der Waals surface area contributed by atoms with Crippen molar-refractivity contribution in [3.8, 4) is 6.07 Å². The lowest BCUT2D eigenvalue weighted by Crippen LogP contribution is -2.68. The second-order valence-electron chi connectivity index (χ2n) is 16.4. The van der Waals surface area contributed by atoms with E-state index in [2.05, 4.69) is 72.9 Å². The fourth-order valence-electron chi connectivity index (χ4n) is 9.90. The Kier molecular flexibility index (Phi) is 14.6. The Morgan fingerprint density at radius 3 is 2.35 bits per heavy atom. The molecule has 0 heterocycles. The quantitative estimate of drug-likeness (QED) is 0.195. The van der Waals surface area contributed by atoms with E-state index >= 15 is 0 Å². The highest BCUT2D eigenvalue weighted by molar-refractivity contribution is 5.30. The molecule has 8 unspecified atom stereocenters. The van der Waals surface area contributed by atoms with Gasteiger partial charge >= 0.3 is 0 Å². The summed E-state index contributed by atoms with van der Waals surface area (Å²) < 4.78 is 0. The number of rotatable bonds is 10. The molecule has 4 aliphatic rings. The third-order valence-electron chi connectivity index (χ3n) is 13.4. The summed E-state index contributed by atoms with van der Waals surface area (Å²) in [5.41, 5.74) is 14.6. The summed E-state index contributed by atoms with van der Waals surface area (Å²) in [7, 11) is 1.50. The van der Waals surface area contributed by atoms with E-state index in [-0.39, 0.29) is 11.0 Å². The maximum atomic E-state index is 8.90. The Bertz CT molecular complexity index is 929. The van der Waals surface area contributed by atoms with Crippen LogP contribution in [0, 0.1) is 63.1 Å². The highest BCUT2D eigenvalue weighted by Crippen LogP contribution is 2.66. The highest BCUT2D eigenvalue weighted by atomic mass is 14.9. The molecule has 0 aliphatic heterocycles. The summed E-state index contributed by atoms with van der Waals surface area (Å²) in [4.78, 5) is 0. The Morgan fingerprint density at radius 2 is 1.77 bits per heavy atom. The number of nitriles is 1. The van der Waals surface area contributed by atoms with Gasteiger partial charge in [0.25, 0.3) is 0 Å². The number of nitrogens with zero attached hydrogens (tertiary/aromatic N) is 1. The Morgan fingerprint density at radius 1 is 1.07 bits per heavy atom. The average molecular weight is 596 g/mol. The van der Waals surface area contributed by atoms with Gasteiger partial charge in [-0.1, -0.05) is 98.3 Å². The first-order chi connectivity index (χ1) is 20.3. The molecule has 0 amide bonds. The zero-order valence-electron chi connectivity index (χ0n) is 30.2. The second-order valence-corrected chi connectivity index (χ2v) is 16.4. The van der Waals surface area contributed by atoms with Gasteiger partial charge in [-0.05, 0) is 131 Å². The van der Waals surface area contributed by atoms with Crippen molar-refractivity contribution < 1.29 is 0 Å². The predicted octanol–water partition coefficient (Wildman–Crippen LogP) is 11.0. The highest BCUT2D eigenvalue weighted by Gasteiger charge is 2.62. The molecule has 0 aromatic heterocycles. The van der Waals surface area contributed by atoms with E-state index in [1.54, 1.807) is 5.57 Å². The van der Waals surface area contributed by atoms with Crippen LogP contribution in [0.25, 0.3) is 0 Å². The van der Waals surface area contributed by atoms with Gasteiger partial charge in [0, 0.05) is 5.54 Å². The molecule has 4 aliphatic carbocycles. The van der Waals surface area contributed by atoms with Crippen molar-refractivity contribution in [1.82, 2.24) is 0 Å². The van der Waals surface area contributed by atoms with Crippen LogP contribution in [-0.2, 0) is 0 Å². The molecular formula is C40H73N3. The Hall–Kier alpha value is -1.11. The largest absolute Gasteiger partial charge is 0.333 e. The van der Waals surface area contributed by atoms with Crippen molar-refractivity contribution in [1.29, 1.82) is 5.26 Å². The van der Waals surface area contributed by atoms with Crippen LogP contribution in [0.3, 0.4) is 0 Å². The molecule has 0 saturated heterocycles. The maximum Gasteiger partial charge on any atom is 0.0689 e. The van der Waals surface area contributed by atoms with Gasteiger partial charge in [-0.2, -0.15) is 5.26 Å². The summed E-state index contributed by atoms with van der Waals surface area (Å²) >= 11 is 0. The molecule has 0 spiro atoms. The van der Waals surface area contributed by atoms with Gasteiger partial charge in [0.05, 0.1) is 11.5 Å². The first-order valence-corrected chi connectivity index (χ1v) is 18.4. The van der Waals surface area contributed by atoms with Crippen molar-refractivity contribution in [2.45, 2.75) is 164 Å².